The lowest BCUT2D eigenvalue weighted by atomic mass is 10.1. The van der Waals surface area contributed by atoms with E-state index >= 15 is 0 Å². The summed E-state index contributed by atoms with van der Waals surface area (Å²) >= 11 is 0. The number of hydrogen-bond donors (Lipinski definition) is 3. The smallest absolute Gasteiger partial charge is 0.0431 e. The van der Waals surface area contributed by atoms with E-state index in [-0.39, 0.29) is 12.6 Å². The van der Waals surface area contributed by atoms with Crippen LogP contribution in [0.4, 0.5) is 0 Å². The van der Waals surface area contributed by atoms with Gasteiger partial charge in [0.25, 0.3) is 0 Å². The molecule has 0 saturated carbocycles. The molecule has 68 valence electrons. The van der Waals surface area contributed by atoms with E-state index in [1.165, 1.54) is 0 Å². The van der Waals surface area contributed by atoms with Crippen molar-refractivity contribution in [1.82, 2.24) is 0 Å². The number of aliphatic hydroxyl groups excluding tert-OH is 1. The molecule has 0 aromatic rings. The van der Waals surface area contributed by atoms with Gasteiger partial charge in [0, 0.05) is 12.6 Å². The fraction of sp³-hybridized carbons (Fsp3) is 1.00. The predicted octanol–water partition coefficient (Wildman–Crippen LogP) is 0.215. The van der Waals surface area contributed by atoms with Crippen LogP contribution in [-0.4, -0.2) is 24.3 Å². The third-order valence-corrected chi connectivity index (χ3v) is 1.76. The molecule has 0 aliphatic heterocycles. The highest BCUT2D eigenvalue weighted by Gasteiger charge is 2.00. The molecule has 0 bridgehead atoms. The van der Waals surface area contributed by atoms with Crippen LogP contribution in [0.3, 0.4) is 0 Å². The summed E-state index contributed by atoms with van der Waals surface area (Å²) in [4.78, 5) is 0. The van der Waals surface area contributed by atoms with Crippen molar-refractivity contribution >= 4 is 0 Å². The Morgan fingerprint density at radius 1 is 1.09 bits per heavy atom. The molecule has 0 aliphatic rings. The van der Waals surface area contributed by atoms with Gasteiger partial charge in [-0.05, 0) is 32.2 Å². The Hall–Kier alpha value is -0.120. The molecule has 1 unspecified atom stereocenters. The van der Waals surface area contributed by atoms with E-state index in [4.69, 9.17) is 16.6 Å². The largest absolute Gasteiger partial charge is 0.396 e. The molecular weight excluding hydrogens is 140 g/mol. The molecular formula is C8H20N2O. The molecule has 5 N–H and O–H groups in total. The van der Waals surface area contributed by atoms with Crippen LogP contribution in [0.25, 0.3) is 0 Å². The number of nitrogens with two attached hydrogens (primary N) is 2. The van der Waals surface area contributed by atoms with Gasteiger partial charge in [-0.3, -0.25) is 0 Å². The summed E-state index contributed by atoms with van der Waals surface area (Å²) in [6.07, 6.45) is 4.97. The van der Waals surface area contributed by atoms with Crippen molar-refractivity contribution < 1.29 is 5.11 Å². The quantitative estimate of drug-likeness (QED) is 0.466. The summed E-state index contributed by atoms with van der Waals surface area (Å²) in [6.45, 7) is 1.01. The molecule has 0 radical (unpaired) electrons. The molecule has 0 aromatic heterocycles. The summed E-state index contributed by atoms with van der Waals surface area (Å²) in [5, 5.41) is 8.51. The summed E-state index contributed by atoms with van der Waals surface area (Å²) in [5.41, 5.74) is 11.1. The molecule has 0 spiro atoms. The van der Waals surface area contributed by atoms with E-state index < -0.39 is 0 Å². The Labute approximate surface area is 68.8 Å². The first-order valence-corrected chi connectivity index (χ1v) is 4.37. The van der Waals surface area contributed by atoms with Crippen molar-refractivity contribution in [2.75, 3.05) is 13.2 Å². The summed E-state index contributed by atoms with van der Waals surface area (Å²) in [6, 6.07) is 0.258. The minimum atomic E-state index is 0.255. The fourth-order valence-electron chi connectivity index (χ4n) is 1.05. The predicted molar refractivity (Wildman–Crippen MR) is 47.2 cm³/mol. The van der Waals surface area contributed by atoms with Crippen molar-refractivity contribution in [3.05, 3.63) is 0 Å². The van der Waals surface area contributed by atoms with E-state index in [1.54, 1.807) is 0 Å². The highest BCUT2D eigenvalue weighted by atomic mass is 16.2. The molecule has 1 atom stereocenters. The third kappa shape index (κ3) is 7.78. The van der Waals surface area contributed by atoms with Crippen molar-refractivity contribution in [3.63, 3.8) is 0 Å². The molecule has 0 aliphatic carbocycles. The average Bonchev–Trinajstić information content (AvgIpc) is 2.01. The maximum Gasteiger partial charge on any atom is 0.0431 e. The highest BCUT2D eigenvalue weighted by Crippen LogP contribution is 2.03. The minimum absolute atomic E-state index is 0.255. The van der Waals surface area contributed by atoms with Crippen LogP contribution < -0.4 is 11.5 Å². The van der Waals surface area contributed by atoms with E-state index in [1.807, 2.05) is 0 Å². The summed E-state index contributed by atoms with van der Waals surface area (Å²) in [7, 11) is 0. The Morgan fingerprint density at radius 2 is 1.73 bits per heavy atom. The second-order valence-corrected chi connectivity index (χ2v) is 2.91. The Balaban J connectivity index is 3.02. The normalized spacial score (nSPS) is 13.4. The lowest BCUT2D eigenvalue weighted by Gasteiger charge is -2.09. The van der Waals surface area contributed by atoms with Crippen LogP contribution in [0.5, 0.6) is 0 Å². The fourth-order valence-corrected chi connectivity index (χ4v) is 1.05. The van der Waals surface area contributed by atoms with Gasteiger partial charge in [0.15, 0.2) is 0 Å². The monoisotopic (exact) mass is 160 g/mol. The summed E-state index contributed by atoms with van der Waals surface area (Å²) in [5.74, 6) is 0. The lowest BCUT2D eigenvalue weighted by molar-refractivity contribution is 0.278. The standard InChI is InChI=1S/C8H20N2O/c9-6-2-1-4-8(10)5-3-7-11/h8,11H,1-7,9-10H2. The molecule has 0 aromatic carbocycles. The second kappa shape index (κ2) is 7.98. The van der Waals surface area contributed by atoms with Crippen LogP contribution in [0.15, 0.2) is 0 Å². The maximum atomic E-state index is 8.51. The number of hydrogen-bond acceptors (Lipinski definition) is 3. The van der Waals surface area contributed by atoms with Gasteiger partial charge in [-0.2, -0.15) is 0 Å². The van der Waals surface area contributed by atoms with Gasteiger partial charge in [-0.15, -0.1) is 0 Å². The highest BCUT2D eigenvalue weighted by molar-refractivity contribution is 4.60. The third-order valence-electron chi connectivity index (χ3n) is 1.76. The molecule has 3 heteroatoms. The first-order chi connectivity index (χ1) is 5.31. The molecule has 3 nitrogen and oxygen atoms in total. The van der Waals surface area contributed by atoms with Crippen LogP contribution in [0.1, 0.15) is 32.1 Å². The topological polar surface area (TPSA) is 72.3 Å². The Bertz CT molecular complexity index is 78.5. The lowest BCUT2D eigenvalue weighted by Crippen LogP contribution is -2.20. The molecule has 0 amide bonds. The van der Waals surface area contributed by atoms with Gasteiger partial charge in [0.2, 0.25) is 0 Å². The van der Waals surface area contributed by atoms with Crippen molar-refractivity contribution in [3.8, 4) is 0 Å². The maximum absolute atomic E-state index is 8.51. The molecule has 0 rings (SSSR count). The van der Waals surface area contributed by atoms with Crippen LogP contribution in [0.2, 0.25) is 0 Å². The van der Waals surface area contributed by atoms with E-state index in [0.29, 0.717) is 0 Å². The van der Waals surface area contributed by atoms with E-state index in [2.05, 4.69) is 0 Å². The Morgan fingerprint density at radius 3 is 2.27 bits per heavy atom. The van der Waals surface area contributed by atoms with Crippen LogP contribution >= 0.6 is 0 Å². The SMILES string of the molecule is NCCCCC(N)CCCO. The first-order valence-electron chi connectivity index (χ1n) is 4.37. The molecule has 0 saturated heterocycles. The summed E-state index contributed by atoms with van der Waals surface area (Å²) < 4.78 is 0. The van der Waals surface area contributed by atoms with Crippen molar-refractivity contribution in [1.29, 1.82) is 0 Å². The zero-order valence-electron chi connectivity index (χ0n) is 7.13. The second-order valence-electron chi connectivity index (χ2n) is 2.91. The molecule has 0 heterocycles. The Kier molecular flexibility index (Phi) is 7.89. The van der Waals surface area contributed by atoms with Gasteiger partial charge in [-0.1, -0.05) is 6.42 Å². The zero-order valence-corrected chi connectivity index (χ0v) is 7.13. The van der Waals surface area contributed by atoms with Gasteiger partial charge < -0.3 is 16.6 Å². The van der Waals surface area contributed by atoms with Gasteiger partial charge in [-0.25, -0.2) is 0 Å². The van der Waals surface area contributed by atoms with E-state index in [0.717, 1.165) is 38.6 Å². The van der Waals surface area contributed by atoms with Crippen LogP contribution in [-0.2, 0) is 0 Å². The molecule has 0 fully saturated rings. The molecule has 11 heavy (non-hydrogen) atoms. The minimum Gasteiger partial charge on any atom is -0.396 e. The van der Waals surface area contributed by atoms with Crippen LogP contribution in [0, 0.1) is 0 Å². The van der Waals surface area contributed by atoms with Gasteiger partial charge in [0.05, 0.1) is 0 Å². The first kappa shape index (κ1) is 10.9. The average molecular weight is 160 g/mol. The van der Waals surface area contributed by atoms with Gasteiger partial charge in [0.1, 0.15) is 0 Å². The zero-order chi connectivity index (χ0) is 8.53. The van der Waals surface area contributed by atoms with Crippen molar-refractivity contribution in [2.45, 2.75) is 38.1 Å². The number of aliphatic hydroxyl groups is 1. The van der Waals surface area contributed by atoms with Crippen molar-refractivity contribution in [2.24, 2.45) is 11.5 Å². The van der Waals surface area contributed by atoms with E-state index in [9.17, 15) is 0 Å². The van der Waals surface area contributed by atoms with Gasteiger partial charge >= 0.3 is 0 Å². The number of rotatable bonds is 7. The number of unbranched alkanes of at least 4 members (excludes halogenated alkanes) is 1.